The summed E-state index contributed by atoms with van der Waals surface area (Å²) in [4.78, 5) is 0. The van der Waals surface area contributed by atoms with Gasteiger partial charge < -0.3 is 9.15 Å². The highest BCUT2D eigenvalue weighted by Crippen LogP contribution is 2.30. The second-order valence-electron chi connectivity index (χ2n) is 4.71. The van der Waals surface area contributed by atoms with Crippen molar-refractivity contribution in [1.82, 2.24) is 0 Å². The van der Waals surface area contributed by atoms with Crippen molar-refractivity contribution in [2.24, 2.45) is 0 Å². The van der Waals surface area contributed by atoms with Crippen LogP contribution in [-0.4, -0.2) is 0 Å². The molecule has 0 bridgehead atoms. The van der Waals surface area contributed by atoms with Crippen molar-refractivity contribution < 1.29 is 26.7 Å². The van der Waals surface area contributed by atoms with Crippen molar-refractivity contribution in [2.75, 3.05) is 0 Å². The van der Waals surface area contributed by atoms with Gasteiger partial charge in [-0.15, -0.1) is 0 Å². The number of fused-ring (bicyclic) bond motifs is 1. The maximum absolute atomic E-state index is 13.0. The van der Waals surface area contributed by atoms with E-state index in [1.165, 1.54) is 30.5 Å². The molecule has 114 valence electrons. The number of hydrogen-bond acceptors (Lipinski definition) is 2. The van der Waals surface area contributed by atoms with Gasteiger partial charge in [0.25, 0.3) is 0 Å². The molecule has 0 radical (unpaired) electrons. The van der Waals surface area contributed by atoms with Crippen molar-refractivity contribution in [3.8, 4) is 5.75 Å². The van der Waals surface area contributed by atoms with Gasteiger partial charge in [0.1, 0.15) is 23.8 Å². The third-order valence-corrected chi connectivity index (χ3v) is 3.19. The molecular formula is C16H10F4O2. The average Bonchev–Trinajstić information content (AvgIpc) is 2.87. The molecular weight excluding hydrogens is 300 g/mol. The van der Waals surface area contributed by atoms with E-state index in [0.717, 1.165) is 12.1 Å². The topological polar surface area (TPSA) is 22.4 Å². The molecule has 1 heterocycles. The Morgan fingerprint density at radius 2 is 1.73 bits per heavy atom. The Morgan fingerprint density at radius 1 is 1.00 bits per heavy atom. The third-order valence-electron chi connectivity index (χ3n) is 3.19. The molecule has 3 rings (SSSR count). The second-order valence-corrected chi connectivity index (χ2v) is 4.71. The molecule has 0 aliphatic carbocycles. The van der Waals surface area contributed by atoms with E-state index < -0.39 is 17.6 Å². The van der Waals surface area contributed by atoms with Gasteiger partial charge in [-0.1, -0.05) is 0 Å². The summed E-state index contributed by atoms with van der Waals surface area (Å²) in [7, 11) is 0. The highest BCUT2D eigenvalue weighted by molar-refractivity contribution is 5.80. The summed E-state index contributed by atoms with van der Waals surface area (Å²) in [5.41, 5.74) is 0.352. The number of ether oxygens (including phenoxy) is 1. The average molecular weight is 310 g/mol. The van der Waals surface area contributed by atoms with Crippen molar-refractivity contribution in [3.63, 3.8) is 0 Å². The lowest BCUT2D eigenvalue weighted by atomic mass is 10.2. The zero-order valence-electron chi connectivity index (χ0n) is 11.2. The van der Waals surface area contributed by atoms with E-state index in [0.29, 0.717) is 22.3 Å². The molecule has 0 aliphatic rings. The molecule has 0 aliphatic heterocycles. The summed E-state index contributed by atoms with van der Waals surface area (Å²) in [6, 6.07) is 8.56. The molecule has 0 spiro atoms. The molecule has 2 aromatic carbocycles. The molecule has 0 fully saturated rings. The van der Waals surface area contributed by atoms with Gasteiger partial charge in [-0.3, -0.25) is 0 Å². The summed E-state index contributed by atoms with van der Waals surface area (Å²) >= 11 is 0. The zero-order valence-corrected chi connectivity index (χ0v) is 11.2. The van der Waals surface area contributed by atoms with E-state index in [1.54, 1.807) is 6.07 Å². The molecule has 0 saturated carbocycles. The minimum atomic E-state index is -4.37. The Morgan fingerprint density at radius 3 is 2.41 bits per heavy atom. The highest BCUT2D eigenvalue weighted by atomic mass is 19.4. The Labute approximate surface area is 122 Å². The van der Waals surface area contributed by atoms with Crippen LogP contribution >= 0.6 is 0 Å². The number of hydrogen-bond donors (Lipinski definition) is 0. The van der Waals surface area contributed by atoms with Gasteiger partial charge in [-0.2, -0.15) is 13.2 Å². The first kappa shape index (κ1) is 14.4. The number of furan rings is 1. The molecule has 0 amide bonds. The normalized spacial score (nSPS) is 11.8. The SMILES string of the molecule is Fc1ccc2c(COc3ccc(C(F)(F)F)cc3)coc2c1. The van der Waals surface area contributed by atoms with Gasteiger partial charge in [-0.25, -0.2) is 4.39 Å². The molecule has 22 heavy (non-hydrogen) atoms. The van der Waals surface area contributed by atoms with Crippen LogP contribution in [0.4, 0.5) is 17.6 Å². The summed E-state index contributed by atoms with van der Waals surface area (Å²) in [5, 5.41) is 0.702. The lowest BCUT2D eigenvalue weighted by Crippen LogP contribution is -2.04. The van der Waals surface area contributed by atoms with E-state index in [-0.39, 0.29) is 6.61 Å². The summed E-state index contributed by atoms with van der Waals surface area (Å²) in [6.45, 7) is 0.115. The minimum Gasteiger partial charge on any atom is -0.489 e. The summed E-state index contributed by atoms with van der Waals surface area (Å²) in [6.07, 6.45) is -2.93. The van der Waals surface area contributed by atoms with Gasteiger partial charge in [0, 0.05) is 17.0 Å². The van der Waals surface area contributed by atoms with Gasteiger partial charge in [0.2, 0.25) is 0 Å². The van der Waals surface area contributed by atoms with E-state index >= 15 is 0 Å². The third kappa shape index (κ3) is 2.90. The van der Waals surface area contributed by atoms with Crippen LogP contribution in [0.3, 0.4) is 0 Å². The highest BCUT2D eigenvalue weighted by Gasteiger charge is 2.30. The quantitative estimate of drug-likeness (QED) is 0.623. The van der Waals surface area contributed by atoms with Crippen LogP contribution in [0, 0.1) is 5.82 Å². The Balaban J connectivity index is 1.74. The van der Waals surface area contributed by atoms with Crippen LogP contribution in [0.2, 0.25) is 0 Å². The monoisotopic (exact) mass is 310 g/mol. The van der Waals surface area contributed by atoms with Gasteiger partial charge in [-0.05, 0) is 36.4 Å². The second kappa shape index (κ2) is 5.36. The van der Waals surface area contributed by atoms with Crippen molar-refractivity contribution in [2.45, 2.75) is 12.8 Å². The molecule has 0 atom stereocenters. The Hall–Kier alpha value is -2.50. The summed E-state index contributed by atoms with van der Waals surface area (Å²) < 4.78 is 61.1. The molecule has 3 aromatic rings. The Bertz CT molecular complexity index is 788. The number of benzene rings is 2. The maximum atomic E-state index is 13.0. The number of alkyl halides is 3. The van der Waals surface area contributed by atoms with E-state index in [1.807, 2.05) is 0 Å². The van der Waals surface area contributed by atoms with Crippen molar-refractivity contribution >= 4 is 11.0 Å². The summed E-state index contributed by atoms with van der Waals surface area (Å²) in [5.74, 6) is -0.0958. The lowest BCUT2D eigenvalue weighted by Gasteiger charge is -2.08. The predicted octanol–water partition coefficient (Wildman–Crippen LogP) is 5.17. The minimum absolute atomic E-state index is 0.115. The van der Waals surface area contributed by atoms with Crippen molar-refractivity contribution in [1.29, 1.82) is 0 Å². The smallest absolute Gasteiger partial charge is 0.416 e. The van der Waals surface area contributed by atoms with Gasteiger partial charge >= 0.3 is 6.18 Å². The van der Waals surface area contributed by atoms with Gasteiger partial charge in [0.05, 0.1) is 11.8 Å². The van der Waals surface area contributed by atoms with Crippen LogP contribution in [0.25, 0.3) is 11.0 Å². The lowest BCUT2D eigenvalue weighted by molar-refractivity contribution is -0.137. The number of halogens is 4. The van der Waals surface area contributed by atoms with Crippen LogP contribution in [0.1, 0.15) is 11.1 Å². The van der Waals surface area contributed by atoms with Crippen molar-refractivity contribution in [3.05, 3.63) is 65.7 Å². The molecule has 2 nitrogen and oxygen atoms in total. The van der Waals surface area contributed by atoms with Crippen LogP contribution < -0.4 is 4.74 Å². The fraction of sp³-hybridized carbons (Fsp3) is 0.125. The first-order chi connectivity index (χ1) is 10.4. The molecule has 0 unspecified atom stereocenters. The van der Waals surface area contributed by atoms with Crippen LogP contribution in [0.15, 0.2) is 53.1 Å². The fourth-order valence-electron chi connectivity index (χ4n) is 2.07. The standard InChI is InChI=1S/C16H10F4O2/c17-12-3-6-14-10(9-22-15(14)7-12)8-21-13-4-1-11(2-5-13)16(18,19)20/h1-7,9H,8H2. The predicted molar refractivity (Wildman–Crippen MR) is 71.9 cm³/mol. The zero-order chi connectivity index (χ0) is 15.7. The fourth-order valence-corrected chi connectivity index (χ4v) is 2.07. The van der Waals surface area contributed by atoms with E-state index in [2.05, 4.69) is 0 Å². The number of rotatable bonds is 3. The largest absolute Gasteiger partial charge is 0.489 e. The van der Waals surface area contributed by atoms with Crippen LogP contribution in [0.5, 0.6) is 5.75 Å². The van der Waals surface area contributed by atoms with Crippen LogP contribution in [-0.2, 0) is 12.8 Å². The first-order valence-electron chi connectivity index (χ1n) is 6.39. The molecule has 1 aromatic heterocycles. The van der Waals surface area contributed by atoms with E-state index in [4.69, 9.17) is 9.15 Å². The molecule has 0 saturated heterocycles. The Kier molecular flexibility index (Phi) is 3.52. The first-order valence-corrected chi connectivity index (χ1v) is 6.39. The molecule has 0 N–H and O–H groups in total. The molecule has 6 heteroatoms. The maximum Gasteiger partial charge on any atom is 0.416 e. The van der Waals surface area contributed by atoms with E-state index in [9.17, 15) is 17.6 Å². The van der Waals surface area contributed by atoms with Gasteiger partial charge in [0.15, 0.2) is 0 Å².